The molecule has 1 aliphatic carbocycles. The highest BCUT2D eigenvalue weighted by Crippen LogP contribution is 2.57. The summed E-state index contributed by atoms with van der Waals surface area (Å²) in [5.74, 6) is 0. The molecule has 194 valence electrons. The Bertz CT molecular complexity index is 2140. The first-order valence-corrected chi connectivity index (χ1v) is 14.3. The second kappa shape index (κ2) is 9.73. The van der Waals surface area contributed by atoms with Crippen LogP contribution in [0.3, 0.4) is 0 Å². The number of nitriles is 1. The van der Waals surface area contributed by atoms with Crippen LogP contribution in [0.1, 0.15) is 5.56 Å². The van der Waals surface area contributed by atoms with Gasteiger partial charge in [0, 0.05) is 0 Å². The van der Waals surface area contributed by atoms with Gasteiger partial charge in [0.25, 0.3) is 0 Å². The predicted molar refractivity (Wildman–Crippen MR) is 175 cm³/mol. The largest absolute Gasteiger partial charge is 0.192 e. The minimum Gasteiger partial charge on any atom is -0.192 e. The van der Waals surface area contributed by atoms with Gasteiger partial charge in [-0.15, -0.1) is 0 Å². The van der Waals surface area contributed by atoms with Gasteiger partial charge < -0.3 is 0 Å². The van der Waals surface area contributed by atoms with Crippen molar-refractivity contribution in [1.82, 2.24) is 0 Å². The minimum absolute atomic E-state index is 0.672. The van der Waals surface area contributed by atoms with Crippen LogP contribution >= 0.6 is 0 Å². The van der Waals surface area contributed by atoms with E-state index in [1.54, 1.807) is 0 Å². The zero-order chi connectivity index (χ0) is 28.0. The van der Waals surface area contributed by atoms with Gasteiger partial charge in [0.05, 0.1) is 11.6 Å². The SMILES string of the molecule is N#Cc1ccc(-c2ccc(-c3cc(-c4ccccc4)c4c(c3-c3ccccc3)-c3cccc5cccc-4c35)cc2)cc1. The lowest BCUT2D eigenvalue weighted by Gasteiger charge is -2.21. The van der Waals surface area contributed by atoms with Crippen LogP contribution in [0.15, 0.2) is 152 Å². The normalized spacial score (nSPS) is 11.3. The summed E-state index contributed by atoms with van der Waals surface area (Å²) >= 11 is 0. The lowest BCUT2D eigenvalue weighted by molar-refractivity contribution is 1.48. The van der Waals surface area contributed by atoms with Gasteiger partial charge in [0.2, 0.25) is 0 Å². The van der Waals surface area contributed by atoms with E-state index in [-0.39, 0.29) is 0 Å². The van der Waals surface area contributed by atoms with Crippen LogP contribution in [0.5, 0.6) is 0 Å². The molecule has 0 unspecified atom stereocenters. The maximum Gasteiger partial charge on any atom is 0.0991 e. The van der Waals surface area contributed by atoms with Crippen molar-refractivity contribution in [3.05, 3.63) is 157 Å². The van der Waals surface area contributed by atoms with Crippen LogP contribution in [0.4, 0.5) is 0 Å². The van der Waals surface area contributed by atoms with E-state index in [0.717, 1.165) is 11.1 Å². The fraction of sp³-hybridized carbons (Fsp3) is 0. The predicted octanol–water partition coefficient (Wildman–Crippen LogP) is 11.0. The van der Waals surface area contributed by atoms with Gasteiger partial charge in [-0.2, -0.15) is 5.26 Å². The molecule has 0 aliphatic heterocycles. The fourth-order valence-corrected chi connectivity index (χ4v) is 6.55. The molecule has 0 N–H and O–H groups in total. The zero-order valence-electron chi connectivity index (χ0n) is 22.9. The van der Waals surface area contributed by atoms with Crippen molar-refractivity contribution >= 4 is 10.8 Å². The second-order valence-electron chi connectivity index (χ2n) is 10.8. The molecular formula is C41H25N. The van der Waals surface area contributed by atoms with Crippen molar-refractivity contribution < 1.29 is 0 Å². The molecule has 0 atom stereocenters. The van der Waals surface area contributed by atoms with Crippen molar-refractivity contribution in [2.45, 2.75) is 0 Å². The Kier molecular flexibility index (Phi) is 5.59. The van der Waals surface area contributed by atoms with Crippen LogP contribution in [-0.2, 0) is 0 Å². The summed E-state index contributed by atoms with van der Waals surface area (Å²) in [6, 6.07) is 56.2. The molecule has 0 aromatic heterocycles. The quantitative estimate of drug-likeness (QED) is 0.222. The minimum atomic E-state index is 0.672. The molecule has 0 radical (unpaired) electrons. The average molecular weight is 532 g/mol. The van der Waals surface area contributed by atoms with Gasteiger partial charge in [-0.1, -0.05) is 133 Å². The fourth-order valence-electron chi connectivity index (χ4n) is 6.55. The highest BCUT2D eigenvalue weighted by Gasteiger charge is 2.29. The van der Waals surface area contributed by atoms with Crippen LogP contribution in [0.25, 0.3) is 77.5 Å². The molecule has 0 heterocycles. The second-order valence-corrected chi connectivity index (χ2v) is 10.8. The first kappa shape index (κ1) is 24.1. The third kappa shape index (κ3) is 3.78. The third-order valence-corrected chi connectivity index (χ3v) is 8.46. The van der Waals surface area contributed by atoms with Crippen LogP contribution in [-0.4, -0.2) is 0 Å². The maximum absolute atomic E-state index is 9.21. The number of benzene rings is 7. The number of hydrogen-bond acceptors (Lipinski definition) is 1. The summed E-state index contributed by atoms with van der Waals surface area (Å²) in [5.41, 5.74) is 15.5. The van der Waals surface area contributed by atoms with Crippen molar-refractivity contribution in [1.29, 1.82) is 5.26 Å². The van der Waals surface area contributed by atoms with Gasteiger partial charge in [-0.25, -0.2) is 0 Å². The molecule has 0 saturated heterocycles. The monoisotopic (exact) mass is 531 g/mol. The molecule has 0 fully saturated rings. The van der Waals surface area contributed by atoms with Gasteiger partial charge in [-0.05, 0) is 95.7 Å². The Labute approximate surface area is 245 Å². The van der Waals surface area contributed by atoms with Crippen LogP contribution < -0.4 is 0 Å². The van der Waals surface area contributed by atoms with E-state index in [2.05, 4.69) is 133 Å². The smallest absolute Gasteiger partial charge is 0.0991 e. The van der Waals surface area contributed by atoms with E-state index >= 15 is 0 Å². The van der Waals surface area contributed by atoms with Crippen LogP contribution in [0.2, 0.25) is 0 Å². The molecular weight excluding hydrogens is 506 g/mol. The lowest BCUT2D eigenvalue weighted by Crippen LogP contribution is -1.94. The molecule has 7 aromatic rings. The topological polar surface area (TPSA) is 23.8 Å². The van der Waals surface area contributed by atoms with Crippen molar-refractivity contribution in [2.24, 2.45) is 0 Å². The van der Waals surface area contributed by atoms with E-state index in [4.69, 9.17) is 0 Å². The van der Waals surface area contributed by atoms with E-state index in [1.165, 1.54) is 66.4 Å². The summed E-state index contributed by atoms with van der Waals surface area (Å²) in [6.07, 6.45) is 0. The van der Waals surface area contributed by atoms with Gasteiger partial charge in [-0.3, -0.25) is 0 Å². The summed E-state index contributed by atoms with van der Waals surface area (Å²) < 4.78 is 0. The van der Waals surface area contributed by atoms with Crippen molar-refractivity contribution in [2.75, 3.05) is 0 Å². The average Bonchev–Trinajstić information content (AvgIpc) is 3.41. The standard InChI is InChI=1S/C41H25N/c42-26-27-17-19-28(20-18-27)29-21-23-31(24-22-29)36-25-37(30-9-3-1-4-10-30)40-34-15-7-13-32-14-8-16-35(38(32)34)41(40)39(36)33-11-5-2-6-12-33/h1-25H. The molecule has 8 rings (SSSR count). The molecule has 0 amide bonds. The highest BCUT2D eigenvalue weighted by atomic mass is 14.3. The Balaban J connectivity index is 1.43. The highest BCUT2D eigenvalue weighted by molar-refractivity contribution is 6.22. The van der Waals surface area contributed by atoms with E-state index in [9.17, 15) is 5.26 Å². The van der Waals surface area contributed by atoms with E-state index in [1.807, 2.05) is 24.3 Å². The molecule has 1 heteroatoms. The Hall–Kier alpha value is -5.71. The van der Waals surface area contributed by atoms with Crippen LogP contribution in [0, 0.1) is 11.3 Å². The number of nitrogens with zero attached hydrogens (tertiary/aromatic N) is 1. The van der Waals surface area contributed by atoms with Gasteiger partial charge in [0.15, 0.2) is 0 Å². The summed E-state index contributed by atoms with van der Waals surface area (Å²) in [7, 11) is 0. The molecule has 42 heavy (non-hydrogen) atoms. The summed E-state index contributed by atoms with van der Waals surface area (Å²) in [6.45, 7) is 0. The lowest BCUT2D eigenvalue weighted by atomic mass is 9.82. The zero-order valence-corrected chi connectivity index (χ0v) is 22.9. The van der Waals surface area contributed by atoms with E-state index < -0.39 is 0 Å². The number of rotatable bonds is 4. The first-order valence-electron chi connectivity index (χ1n) is 14.3. The van der Waals surface area contributed by atoms with Gasteiger partial charge in [0.1, 0.15) is 0 Å². The Morgan fingerprint density at radius 1 is 0.357 bits per heavy atom. The molecule has 0 saturated carbocycles. The molecule has 0 spiro atoms. The molecule has 7 aromatic carbocycles. The molecule has 1 nitrogen and oxygen atoms in total. The maximum atomic E-state index is 9.21. The summed E-state index contributed by atoms with van der Waals surface area (Å²) in [4.78, 5) is 0. The molecule has 1 aliphatic rings. The Morgan fingerprint density at radius 2 is 0.857 bits per heavy atom. The van der Waals surface area contributed by atoms with E-state index in [0.29, 0.717) is 5.56 Å². The first-order chi connectivity index (χ1) is 20.8. The third-order valence-electron chi connectivity index (χ3n) is 8.46. The molecule has 0 bridgehead atoms. The summed E-state index contributed by atoms with van der Waals surface area (Å²) in [5, 5.41) is 11.8. The number of fused-ring (bicyclic) bond motifs is 3. The van der Waals surface area contributed by atoms with Crippen molar-refractivity contribution in [3.63, 3.8) is 0 Å². The Morgan fingerprint density at radius 3 is 1.48 bits per heavy atom. The van der Waals surface area contributed by atoms with Crippen molar-refractivity contribution in [3.8, 4) is 72.8 Å². The van der Waals surface area contributed by atoms with Gasteiger partial charge >= 0.3 is 0 Å². The number of hydrogen-bond donors (Lipinski definition) is 0.